The largest absolute Gasteiger partial charge is 0.478 e. The molecule has 2 N–H and O–H groups in total. The van der Waals surface area contributed by atoms with Crippen molar-refractivity contribution in [2.75, 3.05) is 33.2 Å². The number of phosphoric acid groups is 1. The molecule has 2 aliphatic heterocycles. The Morgan fingerprint density at radius 3 is 2.54 bits per heavy atom. The van der Waals surface area contributed by atoms with Crippen LogP contribution < -0.4 is 0 Å². The van der Waals surface area contributed by atoms with Crippen LogP contribution in [0.15, 0.2) is 0 Å². The van der Waals surface area contributed by atoms with E-state index in [1.54, 1.807) is 0 Å². The molecule has 5 atom stereocenters. The Morgan fingerprint density at radius 2 is 1.92 bits per heavy atom. The van der Waals surface area contributed by atoms with Crippen molar-refractivity contribution in [2.24, 2.45) is 0 Å². The van der Waals surface area contributed by atoms with Crippen LogP contribution in [0.2, 0.25) is 0 Å². The van der Waals surface area contributed by atoms with E-state index in [1.165, 1.54) is 6.92 Å². The maximum Gasteiger partial charge on any atom is 0.478 e. The van der Waals surface area contributed by atoms with Gasteiger partial charge in [-0.3, -0.25) is 13.8 Å². The molecule has 2 unspecified atom stereocenters. The summed E-state index contributed by atoms with van der Waals surface area (Å²) in [5.41, 5.74) is 0. The van der Waals surface area contributed by atoms with Crippen molar-refractivity contribution >= 4 is 13.8 Å². The molecule has 0 radical (unpaired) electrons. The maximum absolute atomic E-state index is 12.7. The van der Waals surface area contributed by atoms with Gasteiger partial charge in [0.1, 0.15) is 18.3 Å². The number of rotatable bonds is 9. The molecule has 0 aromatic carbocycles. The van der Waals surface area contributed by atoms with Crippen LogP contribution in [0.3, 0.4) is 0 Å². The smallest absolute Gasteiger partial charge is 0.438 e. The van der Waals surface area contributed by atoms with E-state index in [4.69, 9.17) is 23.0 Å². The number of aliphatic hydroxyl groups is 2. The van der Waals surface area contributed by atoms with Gasteiger partial charge in [0.05, 0.1) is 19.3 Å². The summed E-state index contributed by atoms with van der Waals surface area (Å²) in [4.78, 5) is 10.8. The Bertz CT molecular complexity index is 458. The number of ether oxygens (including phenoxy) is 3. The van der Waals surface area contributed by atoms with Crippen LogP contribution in [0.5, 0.6) is 0 Å². The van der Waals surface area contributed by atoms with Crippen LogP contribution in [0.25, 0.3) is 0 Å². The number of aliphatic hydroxyl groups excluding tert-OH is 2. The number of hydrogen-bond acceptors (Lipinski definition) is 10. The molecule has 140 valence electrons. The standard InChI is InChI=1S/C13H23O10P/c1-9(15)20-8-22-24(17,21-7-13-10(16)2-4-19-13)23-11-3-5-18-12(11)6-14/h10-14,16H,2-8H2,1H3/t10?,11?,12-,13-,24-/m1/s1. The van der Waals surface area contributed by atoms with Gasteiger partial charge in [-0.2, -0.15) is 0 Å². The average molecular weight is 370 g/mol. The van der Waals surface area contributed by atoms with Gasteiger partial charge in [-0.25, -0.2) is 9.09 Å². The third-order valence-corrected chi connectivity index (χ3v) is 5.05. The van der Waals surface area contributed by atoms with Gasteiger partial charge in [0.25, 0.3) is 0 Å². The Morgan fingerprint density at radius 1 is 1.21 bits per heavy atom. The molecule has 0 aliphatic carbocycles. The highest BCUT2D eigenvalue weighted by Crippen LogP contribution is 2.52. The monoisotopic (exact) mass is 370 g/mol. The summed E-state index contributed by atoms with van der Waals surface area (Å²) in [6.07, 6.45) is -1.85. The van der Waals surface area contributed by atoms with Crippen LogP contribution in [0.4, 0.5) is 0 Å². The molecule has 0 spiro atoms. The minimum Gasteiger partial charge on any atom is -0.438 e. The van der Waals surface area contributed by atoms with Crippen molar-refractivity contribution < 1.29 is 47.4 Å². The normalized spacial score (nSPS) is 32.6. The molecule has 2 saturated heterocycles. The van der Waals surface area contributed by atoms with Crippen molar-refractivity contribution in [3.63, 3.8) is 0 Å². The average Bonchev–Trinajstić information content (AvgIpc) is 3.13. The summed E-state index contributed by atoms with van der Waals surface area (Å²) in [6, 6.07) is 0. The first kappa shape index (κ1) is 19.7. The van der Waals surface area contributed by atoms with E-state index in [0.717, 1.165) is 0 Å². The van der Waals surface area contributed by atoms with Crippen LogP contribution in [0.1, 0.15) is 19.8 Å². The quantitative estimate of drug-likeness (QED) is 0.324. The van der Waals surface area contributed by atoms with Crippen molar-refractivity contribution in [2.45, 2.75) is 44.2 Å². The van der Waals surface area contributed by atoms with Gasteiger partial charge in [-0.15, -0.1) is 0 Å². The minimum absolute atomic E-state index is 0.212. The summed E-state index contributed by atoms with van der Waals surface area (Å²) < 4.78 is 43.4. The zero-order chi connectivity index (χ0) is 17.6. The molecule has 24 heavy (non-hydrogen) atoms. The summed E-state index contributed by atoms with van der Waals surface area (Å²) >= 11 is 0. The van der Waals surface area contributed by atoms with Gasteiger partial charge in [-0.05, 0) is 6.42 Å². The first-order valence-corrected chi connectivity index (χ1v) is 9.12. The molecule has 0 aromatic rings. The van der Waals surface area contributed by atoms with Gasteiger partial charge >= 0.3 is 13.8 Å². The lowest BCUT2D eigenvalue weighted by Crippen LogP contribution is -2.29. The van der Waals surface area contributed by atoms with Gasteiger partial charge in [0.15, 0.2) is 0 Å². The van der Waals surface area contributed by atoms with Crippen LogP contribution in [-0.2, 0) is 37.1 Å². The van der Waals surface area contributed by atoms with Crippen LogP contribution >= 0.6 is 7.82 Å². The lowest BCUT2D eigenvalue weighted by atomic mass is 10.2. The minimum atomic E-state index is -4.11. The topological polar surface area (TPSA) is 130 Å². The summed E-state index contributed by atoms with van der Waals surface area (Å²) in [5.74, 6) is -0.617. The van der Waals surface area contributed by atoms with Crippen molar-refractivity contribution in [1.82, 2.24) is 0 Å². The number of esters is 1. The van der Waals surface area contributed by atoms with Gasteiger partial charge in [0.2, 0.25) is 6.79 Å². The van der Waals surface area contributed by atoms with E-state index in [1.807, 2.05) is 0 Å². The summed E-state index contributed by atoms with van der Waals surface area (Å²) in [7, 11) is -4.11. The predicted octanol–water partition coefficient (Wildman–Crippen LogP) is -0.0355. The predicted molar refractivity (Wildman–Crippen MR) is 78.0 cm³/mol. The molecule has 0 bridgehead atoms. The third kappa shape index (κ3) is 5.75. The zero-order valence-electron chi connectivity index (χ0n) is 13.4. The Labute approximate surface area is 139 Å². The molecule has 10 nitrogen and oxygen atoms in total. The van der Waals surface area contributed by atoms with Crippen molar-refractivity contribution in [1.29, 1.82) is 0 Å². The van der Waals surface area contributed by atoms with Gasteiger partial charge in [0, 0.05) is 26.6 Å². The zero-order valence-corrected chi connectivity index (χ0v) is 14.3. The Balaban J connectivity index is 1.94. The number of hydrogen-bond donors (Lipinski definition) is 2. The highest BCUT2D eigenvalue weighted by Gasteiger charge is 2.39. The van der Waals surface area contributed by atoms with E-state index in [0.29, 0.717) is 26.1 Å². The third-order valence-electron chi connectivity index (χ3n) is 3.64. The van der Waals surface area contributed by atoms with E-state index in [2.05, 4.69) is 4.74 Å². The summed E-state index contributed by atoms with van der Waals surface area (Å²) in [6.45, 7) is 0.750. The first-order chi connectivity index (χ1) is 11.4. The molecule has 11 heteroatoms. The summed E-state index contributed by atoms with van der Waals surface area (Å²) in [5, 5.41) is 18.9. The molecule has 0 saturated carbocycles. The lowest BCUT2D eigenvalue weighted by molar-refractivity contribution is -0.148. The second kappa shape index (κ2) is 9.21. The molecule has 0 aromatic heterocycles. The Hall–Kier alpha value is -0.580. The van der Waals surface area contributed by atoms with Crippen LogP contribution in [-0.4, -0.2) is 73.8 Å². The number of phosphoric ester groups is 1. The first-order valence-electron chi connectivity index (χ1n) is 7.66. The fourth-order valence-electron chi connectivity index (χ4n) is 2.32. The fourth-order valence-corrected chi connectivity index (χ4v) is 3.60. The molecular weight excluding hydrogens is 347 g/mol. The molecular formula is C13H23O10P. The second-order valence-corrected chi connectivity index (χ2v) is 7.04. The van der Waals surface area contributed by atoms with E-state index in [-0.39, 0.29) is 13.2 Å². The van der Waals surface area contributed by atoms with Crippen LogP contribution in [0, 0.1) is 0 Å². The van der Waals surface area contributed by atoms with Gasteiger partial charge in [-0.1, -0.05) is 0 Å². The van der Waals surface area contributed by atoms with Crippen molar-refractivity contribution in [3.8, 4) is 0 Å². The van der Waals surface area contributed by atoms with Crippen molar-refractivity contribution in [3.05, 3.63) is 0 Å². The lowest BCUT2D eigenvalue weighted by Gasteiger charge is -2.24. The van der Waals surface area contributed by atoms with E-state index in [9.17, 15) is 19.6 Å². The highest BCUT2D eigenvalue weighted by atomic mass is 31.2. The van der Waals surface area contributed by atoms with E-state index >= 15 is 0 Å². The highest BCUT2D eigenvalue weighted by molar-refractivity contribution is 7.48. The molecule has 2 rings (SSSR count). The molecule has 0 amide bonds. The number of carbonyl (C=O) groups is 1. The Kier molecular flexibility index (Phi) is 7.58. The van der Waals surface area contributed by atoms with E-state index < -0.39 is 45.0 Å². The SMILES string of the molecule is CC(=O)OCO[P@@](=O)(OC[C@H]1OCCC1O)OC1CCO[C@@H]1CO. The fraction of sp³-hybridized carbons (Fsp3) is 0.923. The molecule has 2 aliphatic rings. The van der Waals surface area contributed by atoms with Gasteiger partial charge < -0.3 is 24.4 Å². The molecule has 2 fully saturated rings. The molecule has 2 heterocycles. The number of carbonyl (C=O) groups excluding carboxylic acids is 1. The maximum atomic E-state index is 12.7. The second-order valence-electron chi connectivity index (χ2n) is 5.42.